The van der Waals surface area contributed by atoms with E-state index in [0.717, 1.165) is 54.4 Å². The van der Waals surface area contributed by atoms with Gasteiger partial charge in [-0.2, -0.15) is 0 Å². The number of hydrogen-bond acceptors (Lipinski definition) is 5. The Hall–Kier alpha value is -3.33. The summed E-state index contributed by atoms with van der Waals surface area (Å²) in [6, 6.07) is 7.20. The summed E-state index contributed by atoms with van der Waals surface area (Å²) >= 11 is 0. The summed E-state index contributed by atoms with van der Waals surface area (Å²) in [6.45, 7) is 2.97. The molecule has 4 aliphatic rings. The van der Waals surface area contributed by atoms with Gasteiger partial charge < -0.3 is 9.64 Å². The molecule has 0 aromatic heterocycles. The summed E-state index contributed by atoms with van der Waals surface area (Å²) in [4.78, 5) is 40.8. The van der Waals surface area contributed by atoms with Gasteiger partial charge in [0.1, 0.15) is 11.8 Å². The molecule has 0 bridgehead atoms. The molecule has 4 aliphatic heterocycles. The van der Waals surface area contributed by atoms with E-state index in [0.29, 0.717) is 31.7 Å². The van der Waals surface area contributed by atoms with Gasteiger partial charge in [-0.25, -0.2) is 8.78 Å². The predicted molar refractivity (Wildman–Crippen MR) is 121 cm³/mol. The van der Waals surface area contributed by atoms with Gasteiger partial charge in [0, 0.05) is 35.1 Å². The molecule has 2 fully saturated rings. The molecule has 1 atom stereocenters. The van der Waals surface area contributed by atoms with E-state index in [1.54, 1.807) is 11.0 Å². The second-order valence-corrected chi connectivity index (χ2v) is 9.96. The first-order valence-electron chi connectivity index (χ1n) is 11.9. The summed E-state index contributed by atoms with van der Waals surface area (Å²) in [5.41, 5.74) is 3.06. The molecule has 1 spiro atoms. The second kappa shape index (κ2) is 8.12. The molecule has 2 aromatic carbocycles. The van der Waals surface area contributed by atoms with Crippen LogP contribution in [0.3, 0.4) is 0 Å². The zero-order chi connectivity index (χ0) is 24.3. The van der Waals surface area contributed by atoms with Crippen molar-refractivity contribution in [3.8, 4) is 5.75 Å². The minimum absolute atomic E-state index is 0.153. The van der Waals surface area contributed by atoms with Gasteiger partial charge in [-0.15, -0.1) is 0 Å². The van der Waals surface area contributed by atoms with Crippen molar-refractivity contribution in [1.82, 2.24) is 15.1 Å². The summed E-state index contributed by atoms with van der Waals surface area (Å²) in [5, 5.41) is 2.33. The summed E-state index contributed by atoms with van der Waals surface area (Å²) in [7, 11) is 0. The molecule has 4 heterocycles. The van der Waals surface area contributed by atoms with Crippen molar-refractivity contribution in [2.45, 2.75) is 50.2 Å². The Morgan fingerprint density at radius 1 is 1.06 bits per heavy atom. The van der Waals surface area contributed by atoms with Crippen LogP contribution in [0.1, 0.15) is 52.7 Å². The minimum atomic E-state index is -0.840. The van der Waals surface area contributed by atoms with Crippen LogP contribution in [-0.2, 0) is 28.1 Å². The normalized spacial score (nSPS) is 23.3. The molecular formula is C26H25F2N3O4. The number of rotatable bonds is 3. The minimum Gasteiger partial charge on any atom is -0.492 e. The van der Waals surface area contributed by atoms with Crippen molar-refractivity contribution < 1.29 is 27.9 Å². The van der Waals surface area contributed by atoms with Crippen LogP contribution in [0.5, 0.6) is 5.75 Å². The van der Waals surface area contributed by atoms with Crippen LogP contribution < -0.4 is 10.1 Å². The third-order valence-corrected chi connectivity index (χ3v) is 7.93. The van der Waals surface area contributed by atoms with E-state index in [1.165, 1.54) is 6.07 Å². The fraction of sp³-hybridized carbons (Fsp3) is 0.423. The van der Waals surface area contributed by atoms with Crippen LogP contribution in [0.15, 0.2) is 30.3 Å². The molecule has 0 saturated carbocycles. The van der Waals surface area contributed by atoms with Crippen LogP contribution in [0, 0.1) is 11.6 Å². The number of benzene rings is 2. The Bertz CT molecular complexity index is 1260. The monoisotopic (exact) mass is 481 g/mol. The topological polar surface area (TPSA) is 79.0 Å². The number of likely N-dealkylation sites (tertiary alicyclic amines) is 1. The van der Waals surface area contributed by atoms with Gasteiger partial charge in [0.05, 0.1) is 13.2 Å². The lowest BCUT2D eigenvalue weighted by Crippen LogP contribution is -2.52. The first-order chi connectivity index (χ1) is 16.8. The average molecular weight is 481 g/mol. The number of halogens is 2. The fourth-order valence-corrected chi connectivity index (χ4v) is 5.93. The molecule has 7 nitrogen and oxygen atoms in total. The first kappa shape index (κ1) is 22.2. The van der Waals surface area contributed by atoms with Crippen LogP contribution in [0.25, 0.3) is 0 Å². The maximum absolute atomic E-state index is 13.6. The van der Waals surface area contributed by atoms with Crippen LogP contribution in [-0.4, -0.2) is 53.3 Å². The lowest BCUT2D eigenvalue weighted by atomic mass is 9.74. The lowest BCUT2D eigenvalue weighted by Gasteiger charge is -2.38. The highest BCUT2D eigenvalue weighted by Crippen LogP contribution is 2.49. The number of imide groups is 1. The highest BCUT2D eigenvalue weighted by atomic mass is 19.2. The first-order valence-corrected chi connectivity index (χ1v) is 11.9. The van der Waals surface area contributed by atoms with Crippen molar-refractivity contribution in [3.05, 3.63) is 64.2 Å². The van der Waals surface area contributed by atoms with Crippen LogP contribution in [0.4, 0.5) is 8.78 Å². The average Bonchev–Trinajstić information content (AvgIpc) is 3.36. The molecular weight excluding hydrogens is 456 g/mol. The molecule has 2 saturated heterocycles. The van der Waals surface area contributed by atoms with Crippen molar-refractivity contribution in [3.63, 3.8) is 0 Å². The third kappa shape index (κ3) is 3.60. The van der Waals surface area contributed by atoms with E-state index in [4.69, 9.17) is 4.74 Å². The van der Waals surface area contributed by atoms with E-state index in [1.807, 2.05) is 12.1 Å². The van der Waals surface area contributed by atoms with Crippen LogP contribution in [0.2, 0.25) is 0 Å². The van der Waals surface area contributed by atoms with Crippen molar-refractivity contribution in [2.75, 3.05) is 19.7 Å². The number of fused-ring (bicyclic) bond motifs is 4. The van der Waals surface area contributed by atoms with E-state index in [2.05, 4.69) is 10.2 Å². The molecule has 35 heavy (non-hydrogen) atoms. The number of amides is 3. The van der Waals surface area contributed by atoms with Gasteiger partial charge >= 0.3 is 0 Å². The molecule has 6 rings (SSSR count). The van der Waals surface area contributed by atoms with Gasteiger partial charge in [-0.1, -0.05) is 12.1 Å². The van der Waals surface area contributed by atoms with Gasteiger partial charge in [-0.05, 0) is 56.1 Å². The van der Waals surface area contributed by atoms with Gasteiger partial charge in [0.25, 0.3) is 5.91 Å². The third-order valence-electron chi connectivity index (χ3n) is 7.93. The number of carbonyl (C=O) groups excluding carboxylic acids is 3. The largest absolute Gasteiger partial charge is 0.492 e. The molecule has 9 heteroatoms. The molecule has 1 unspecified atom stereocenters. The Balaban J connectivity index is 1.19. The standard InChI is InChI=1S/C26H25F2N3O4/c27-19-4-1-15(11-20(19)28)12-30-9-7-26(8-10-30)14-35-23-17-13-31(21-5-6-22(32)29-24(21)33)25(34)16(17)2-3-18(23)26/h1-4,11,21H,5-10,12-14H2,(H,29,32,33). The quantitative estimate of drug-likeness (QED) is 0.682. The van der Waals surface area contributed by atoms with Crippen molar-refractivity contribution in [2.24, 2.45) is 0 Å². The zero-order valence-corrected chi connectivity index (χ0v) is 19.1. The van der Waals surface area contributed by atoms with E-state index < -0.39 is 23.6 Å². The second-order valence-electron chi connectivity index (χ2n) is 9.96. The van der Waals surface area contributed by atoms with E-state index in [9.17, 15) is 23.2 Å². The summed E-state index contributed by atoms with van der Waals surface area (Å²) < 4.78 is 33.0. The van der Waals surface area contributed by atoms with Crippen molar-refractivity contribution >= 4 is 17.7 Å². The smallest absolute Gasteiger partial charge is 0.255 e. The molecule has 0 aliphatic carbocycles. The summed E-state index contributed by atoms with van der Waals surface area (Å²) in [6.07, 6.45) is 2.25. The maximum Gasteiger partial charge on any atom is 0.255 e. The fourth-order valence-electron chi connectivity index (χ4n) is 5.93. The number of nitrogens with zero attached hydrogens (tertiary/aromatic N) is 2. The lowest BCUT2D eigenvalue weighted by molar-refractivity contribution is -0.136. The van der Waals surface area contributed by atoms with Gasteiger partial charge in [-0.3, -0.25) is 24.6 Å². The van der Waals surface area contributed by atoms with E-state index in [-0.39, 0.29) is 23.7 Å². The van der Waals surface area contributed by atoms with Gasteiger partial charge in [0.2, 0.25) is 11.8 Å². The number of carbonyl (C=O) groups is 3. The number of hydrogen-bond donors (Lipinski definition) is 1. The highest BCUT2D eigenvalue weighted by Gasteiger charge is 2.47. The molecule has 1 N–H and O–H groups in total. The molecule has 0 radical (unpaired) electrons. The zero-order valence-electron chi connectivity index (χ0n) is 19.1. The Labute approximate surface area is 201 Å². The van der Waals surface area contributed by atoms with Gasteiger partial charge in [0.15, 0.2) is 11.6 Å². The number of nitrogens with one attached hydrogen (secondary N) is 1. The Kier molecular flexibility index (Phi) is 5.14. The SMILES string of the molecule is O=C1CCC(N2Cc3c(ccc4c3OCC43CCN(Cc4ccc(F)c(F)c4)CC3)C2=O)C(=O)N1. The summed E-state index contributed by atoms with van der Waals surface area (Å²) in [5.74, 6) is -1.86. The van der Waals surface area contributed by atoms with E-state index >= 15 is 0 Å². The highest BCUT2D eigenvalue weighted by molar-refractivity contribution is 6.05. The maximum atomic E-state index is 13.6. The van der Waals surface area contributed by atoms with Crippen LogP contribution >= 0.6 is 0 Å². The number of piperidine rings is 2. The predicted octanol–water partition coefficient (Wildman–Crippen LogP) is 2.65. The number of ether oxygens (including phenoxy) is 1. The Morgan fingerprint density at radius 3 is 2.60 bits per heavy atom. The Morgan fingerprint density at radius 2 is 1.86 bits per heavy atom. The molecule has 182 valence electrons. The molecule has 2 aromatic rings. The molecule has 3 amide bonds. The van der Waals surface area contributed by atoms with Crippen molar-refractivity contribution in [1.29, 1.82) is 0 Å².